The first kappa shape index (κ1) is 12.8. The van der Waals surface area contributed by atoms with E-state index in [0.29, 0.717) is 24.6 Å². The van der Waals surface area contributed by atoms with Gasteiger partial charge in [-0.05, 0) is 24.3 Å². The van der Waals surface area contributed by atoms with Crippen LogP contribution in [-0.2, 0) is 6.61 Å². The third-order valence-corrected chi connectivity index (χ3v) is 3.56. The van der Waals surface area contributed by atoms with Crippen LogP contribution in [-0.4, -0.2) is 6.54 Å². The Bertz CT molecular complexity index is 678. The Morgan fingerprint density at radius 2 is 2.05 bits per heavy atom. The monoisotopic (exact) mass is 284 g/mol. The van der Waals surface area contributed by atoms with Gasteiger partial charge in [0.25, 0.3) is 0 Å². The van der Waals surface area contributed by atoms with E-state index in [0.717, 1.165) is 22.7 Å². The molecule has 1 heterocycles. The van der Waals surface area contributed by atoms with E-state index in [1.165, 1.54) is 0 Å². The zero-order valence-corrected chi connectivity index (χ0v) is 11.6. The highest BCUT2D eigenvalue weighted by atomic mass is 35.5. The summed E-state index contributed by atoms with van der Waals surface area (Å²) in [6, 6.07) is 15.9. The molecule has 2 aromatic carbocycles. The number of para-hydroxylation sites is 1. The minimum atomic E-state index is 0.445. The van der Waals surface area contributed by atoms with Gasteiger partial charge >= 0.3 is 0 Å². The maximum atomic E-state index is 8.88. The Labute approximate surface area is 123 Å². The third kappa shape index (κ3) is 2.31. The zero-order chi connectivity index (χ0) is 13.9. The predicted octanol–water partition coefficient (Wildman–Crippen LogP) is 4.28. The Morgan fingerprint density at radius 3 is 2.90 bits per heavy atom. The van der Waals surface area contributed by atoms with Gasteiger partial charge in [0.2, 0.25) is 0 Å². The first-order valence-corrected chi connectivity index (χ1v) is 6.82. The van der Waals surface area contributed by atoms with Crippen LogP contribution in [0.25, 0.3) is 0 Å². The van der Waals surface area contributed by atoms with Crippen LogP contribution in [0.3, 0.4) is 0 Å². The fourth-order valence-corrected chi connectivity index (χ4v) is 2.57. The molecule has 4 heteroatoms. The van der Waals surface area contributed by atoms with Crippen molar-refractivity contribution in [1.82, 2.24) is 0 Å². The second kappa shape index (κ2) is 5.44. The van der Waals surface area contributed by atoms with Crippen molar-refractivity contribution < 1.29 is 4.74 Å². The second-order valence-electron chi connectivity index (χ2n) is 4.59. The van der Waals surface area contributed by atoms with Gasteiger partial charge in [0.1, 0.15) is 12.4 Å². The summed E-state index contributed by atoms with van der Waals surface area (Å²) in [7, 11) is 0. The van der Waals surface area contributed by atoms with Crippen molar-refractivity contribution >= 4 is 23.0 Å². The molecule has 0 aromatic heterocycles. The molecule has 1 aliphatic heterocycles. The number of ether oxygens (including phenoxy) is 1. The van der Waals surface area contributed by atoms with Gasteiger partial charge < -0.3 is 9.64 Å². The molecule has 3 nitrogen and oxygen atoms in total. The lowest BCUT2D eigenvalue weighted by molar-refractivity contribution is 0.310. The maximum Gasteiger partial charge on any atom is 0.143 e. The lowest BCUT2D eigenvalue weighted by Crippen LogP contribution is -2.18. The van der Waals surface area contributed by atoms with Gasteiger partial charge in [0.15, 0.2) is 0 Å². The largest absolute Gasteiger partial charge is 0.487 e. The van der Waals surface area contributed by atoms with Crippen LogP contribution in [0.2, 0.25) is 5.02 Å². The molecule has 0 radical (unpaired) electrons. The summed E-state index contributed by atoms with van der Waals surface area (Å²) in [6.45, 7) is 1.14. The first-order chi connectivity index (χ1) is 9.79. The molecule has 100 valence electrons. The Hall–Kier alpha value is -2.18. The quantitative estimate of drug-likeness (QED) is 0.825. The van der Waals surface area contributed by atoms with Crippen LogP contribution in [0, 0.1) is 11.3 Å². The molecular weight excluding hydrogens is 272 g/mol. The molecule has 0 atom stereocenters. The highest BCUT2D eigenvalue weighted by molar-refractivity contribution is 6.31. The van der Waals surface area contributed by atoms with Gasteiger partial charge in [0.05, 0.1) is 18.2 Å². The van der Waals surface area contributed by atoms with Crippen LogP contribution in [0.4, 0.5) is 11.4 Å². The molecule has 0 N–H and O–H groups in total. The number of rotatable bonds is 2. The van der Waals surface area contributed by atoms with Crippen molar-refractivity contribution in [3.8, 4) is 11.8 Å². The van der Waals surface area contributed by atoms with Gasteiger partial charge in [-0.15, -0.1) is 0 Å². The van der Waals surface area contributed by atoms with Gasteiger partial charge in [0, 0.05) is 22.8 Å². The van der Waals surface area contributed by atoms with Crippen molar-refractivity contribution in [2.45, 2.75) is 13.0 Å². The molecule has 0 saturated carbocycles. The number of halogens is 1. The average Bonchev–Trinajstić information content (AvgIpc) is 2.62. The summed E-state index contributed by atoms with van der Waals surface area (Å²) in [4.78, 5) is 2.10. The Kier molecular flexibility index (Phi) is 3.49. The minimum Gasteiger partial charge on any atom is -0.487 e. The Morgan fingerprint density at radius 1 is 1.20 bits per heavy atom. The van der Waals surface area contributed by atoms with Crippen molar-refractivity contribution in [2.75, 3.05) is 11.4 Å². The summed E-state index contributed by atoms with van der Waals surface area (Å²) in [5.41, 5.74) is 3.10. The average molecular weight is 285 g/mol. The number of benzene rings is 2. The predicted molar refractivity (Wildman–Crippen MR) is 79.5 cm³/mol. The van der Waals surface area contributed by atoms with Crippen LogP contribution in [0.5, 0.6) is 5.75 Å². The molecule has 0 fully saturated rings. The van der Waals surface area contributed by atoms with E-state index in [2.05, 4.69) is 11.0 Å². The smallest absolute Gasteiger partial charge is 0.143 e. The number of fused-ring (bicyclic) bond motifs is 2. The van der Waals surface area contributed by atoms with Crippen LogP contribution in [0.1, 0.15) is 12.0 Å². The molecule has 3 rings (SSSR count). The molecule has 1 aliphatic rings. The van der Waals surface area contributed by atoms with E-state index in [-0.39, 0.29) is 0 Å². The molecule has 0 unspecified atom stereocenters. The van der Waals surface area contributed by atoms with Gasteiger partial charge in [-0.1, -0.05) is 29.8 Å². The zero-order valence-electron chi connectivity index (χ0n) is 10.8. The molecular formula is C16H13ClN2O. The lowest BCUT2D eigenvalue weighted by atomic mass is 10.1. The second-order valence-corrected chi connectivity index (χ2v) is 5.03. The number of nitriles is 1. The van der Waals surface area contributed by atoms with E-state index in [9.17, 15) is 0 Å². The van der Waals surface area contributed by atoms with Crippen molar-refractivity contribution in [2.24, 2.45) is 0 Å². The molecule has 0 aliphatic carbocycles. The first-order valence-electron chi connectivity index (χ1n) is 6.44. The molecule has 0 amide bonds. The molecule has 0 saturated heterocycles. The van der Waals surface area contributed by atoms with Gasteiger partial charge in [-0.3, -0.25) is 0 Å². The number of hydrogen-bond donors (Lipinski definition) is 0. The fraction of sp³-hybridized carbons (Fsp3) is 0.188. The Balaban J connectivity index is 2.13. The fourth-order valence-electron chi connectivity index (χ4n) is 2.41. The van der Waals surface area contributed by atoms with E-state index < -0.39 is 0 Å². The third-order valence-electron chi connectivity index (χ3n) is 3.32. The molecule has 2 aromatic rings. The summed E-state index contributed by atoms with van der Waals surface area (Å²) in [6.07, 6.45) is 0.445. The van der Waals surface area contributed by atoms with Crippen molar-refractivity contribution in [3.05, 3.63) is 53.1 Å². The van der Waals surface area contributed by atoms with Crippen molar-refractivity contribution in [1.29, 1.82) is 5.26 Å². The highest BCUT2D eigenvalue weighted by Gasteiger charge is 2.21. The van der Waals surface area contributed by atoms with Crippen LogP contribution < -0.4 is 9.64 Å². The van der Waals surface area contributed by atoms with E-state index in [4.69, 9.17) is 21.6 Å². The highest BCUT2D eigenvalue weighted by Crippen LogP contribution is 2.40. The summed E-state index contributed by atoms with van der Waals surface area (Å²) in [5, 5.41) is 9.54. The number of anilines is 2. The van der Waals surface area contributed by atoms with Crippen LogP contribution in [0.15, 0.2) is 42.5 Å². The van der Waals surface area contributed by atoms with Crippen LogP contribution >= 0.6 is 11.6 Å². The van der Waals surface area contributed by atoms with Gasteiger partial charge in [-0.2, -0.15) is 5.26 Å². The van der Waals surface area contributed by atoms with Gasteiger partial charge in [-0.25, -0.2) is 0 Å². The topological polar surface area (TPSA) is 36.3 Å². The summed E-state index contributed by atoms with van der Waals surface area (Å²) >= 11 is 6.11. The minimum absolute atomic E-state index is 0.445. The van der Waals surface area contributed by atoms with Crippen molar-refractivity contribution in [3.63, 3.8) is 0 Å². The molecule has 20 heavy (non-hydrogen) atoms. The molecule has 0 spiro atoms. The normalized spacial score (nSPS) is 12.7. The maximum absolute atomic E-state index is 8.88. The summed E-state index contributed by atoms with van der Waals surface area (Å²) < 4.78 is 5.86. The number of hydrogen-bond acceptors (Lipinski definition) is 3. The molecule has 0 bridgehead atoms. The number of nitrogens with zero attached hydrogens (tertiary/aromatic N) is 2. The standard InChI is InChI=1S/C16H13ClN2O/c17-13-6-7-16-15(10-13)19(9-3-8-18)14-5-2-1-4-12(14)11-20-16/h1-2,4-7,10H,3,9,11H2. The lowest BCUT2D eigenvalue weighted by Gasteiger charge is -2.24. The summed E-state index contributed by atoms with van der Waals surface area (Å²) in [5.74, 6) is 0.795. The van der Waals surface area contributed by atoms with E-state index in [1.807, 2.05) is 42.5 Å². The SMILES string of the molecule is N#CCCN1c2ccccc2COc2ccc(Cl)cc21. The van der Waals surface area contributed by atoms with E-state index >= 15 is 0 Å². The van der Waals surface area contributed by atoms with E-state index in [1.54, 1.807) is 0 Å².